The van der Waals surface area contributed by atoms with Crippen molar-refractivity contribution < 1.29 is 14.3 Å². The summed E-state index contributed by atoms with van der Waals surface area (Å²) >= 11 is 0. The van der Waals surface area contributed by atoms with Crippen LogP contribution in [-0.4, -0.2) is 18.4 Å². The van der Waals surface area contributed by atoms with Crippen LogP contribution >= 0.6 is 0 Å². The summed E-state index contributed by atoms with van der Waals surface area (Å²) in [7, 11) is 0. The lowest BCUT2D eigenvalue weighted by molar-refractivity contribution is -0.136. The highest BCUT2D eigenvalue weighted by atomic mass is 16.5. The number of nitrogens with zero attached hydrogens (tertiary/aromatic N) is 1. The number of ether oxygens (including phenoxy) is 1. The van der Waals surface area contributed by atoms with Gasteiger partial charge in [0.05, 0.1) is 11.6 Å². The summed E-state index contributed by atoms with van der Waals surface area (Å²) < 4.78 is 5.67. The molecule has 140 valence electrons. The van der Waals surface area contributed by atoms with Crippen LogP contribution < -0.4 is 15.4 Å². The van der Waals surface area contributed by atoms with Crippen LogP contribution in [0.15, 0.2) is 48.5 Å². The third kappa shape index (κ3) is 6.83. The van der Waals surface area contributed by atoms with Gasteiger partial charge in [-0.1, -0.05) is 13.8 Å². The molecule has 0 fully saturated rings. The van der Waals surface area contributed by atoms with Crippen molar-refractivity contribution in [1.82, 2.24) is 5.32 Å². The normalized spacial score (nSPS) is 10.1. The molecule has 0 saturated carbocycles. The van der Waals surface area contributed by atoms with E-state index in [0.717, 1.165) is 12.8 Å². The van der Waals surface area contributed by atoms with Gasteiger partial charge in [0.2, 0.25) is 0 Å². The molecular formula is C21H23N3O3. The van der Waals surface area contributed by atoms with Gasteiger partial charge in [-0.3, -0.25) is 9.59 Å². The number of carbonyl (C=O) groups is 2. The smallest absolute Gasteiger partial charge is 0.313 e. The molecule has 27 heavy (non-hydrogen) atoms. The largest absolute Gasteiger partial charge is 0.457 e. The van der Waals surface area contributed by atoms with Crippen LogP contribution in [-0.2, 0) is 9.59 Å². The topological polar surface area (TPSA) is 91.2 Å². The standard InChI is InChI=1S/C21H23N3O3/c1-15(2)4-3-13-23-20(25)21(26)24-17-7-11-19(12-8-17)27-18-9-5-16(14-22)6-10-18/h5-12,15H,3-4,13H2,1-2H3,(H,23,25)(H,24,26). The second-order valence-electron chi connectivity index (χ2n) is 6.51. The Labute approximate surface area is 159 Å². The van der Waals surface area contributed by atoms with Crippen molar-refractivity contribution in [2.75, 3.05) is 11.9 Å². The van der Waals surface area contributed by atoms with E-state index >= 15 is 0 Å². The van der Waals surface area contributed by atoms with E-state index in [4.69, 9.17) is 10.00 Å². The zero-order chi connectivity index (χ0) is 19.6. The van der Waals surface area contributed by atoms with Crippen molar-refractivity contribution in [3.63, 3.8) is 0 Å². The van der Waals surface area contributed by atoms with Gasteiger partial charge in [0, 0.05) is 12.2 Å². The van der Waals surface area contributed by atoms with E-state index in [9.17, 15) is 9.59 Å². The zero-order valence-electron chi connectivity index (χ0n) is 15.5. The van der Waals surface area contributed by atoms with E-state index in [1.807, 2.05) is 6.07 Å². The summed E-state index contributed by atoms with van der Waals surface area (Å²) in [6.07, 6.45) is 1.85. The van der Waals surface area contributed by atoms with E-state index in [2.05, 4.69) is 24.5 Å². The summed E-state index contributed by atoms with van der Waals surface area (Å²) in [5.74, 6) is 0.417. The SMILES string of the molecule is CC(C)CCCNC(=O)C(=O)Nc1ccc(Oc2ccc(C#N)cc2)cc1. The Bertz CT molecular complexity index is 806. The number of anilines is 1. The fourth-order valence-electron chi connectivity index (χ4n) is 2.32. The van der Waals surface area contributed by atoms with Gasteiger partial charge < -0.3 is 15.4 Å². The molecule has 0 aliphatic carbocycles. The summed E-state index contributed by atoms with van der Waals surface area (Å²) in [5, 5.41) is 14.0. The molecule has 0 aliphatic rings. The van der Waals surface area contributed by atoms with Crippen LogP contribution in [0.5, 0.6) is 11.5 Å². The van der Waals surface area contributed by atoms with Gasteiger partial charge >= 0.3 is 11.8 Å². The number of rotatable bonds is 7. The number of benzene rings is 2. The molecule has 6 nitrogen and oxygen atoms in total. The fraction of sp³-hybridized carbons (Fsp3) is 0.286. The molecule has 2 N–H and O–H groups in total. The number of amides is 2. The Morgan fingerprint density at radius 1 is 1.00 bits per heavy atom. The third-order valence-electron chi connectivity index (χ3n) is 3.78. The van der Waals surface area contributed by atoms with Crippen LogP contribution in [0.4, 0.5) is 5.69 Å². The first-order chi connectivity index (χ1) is 13.0. The van der Waals surface area contributed by atoms with Gasteiger partial charge in [-0.05, 0) is 67.3 Å². The molecule has 0 saturated heterocycles. The lowest BCUT2D eigenvalue weighted by atomic mass is 10.1. The summed E-state index contributed by atoms with van der Waals surface area (Å²) in [5.41, 5.74) is 1.06. The number of nitriles is 1. The summed E-state index contributed by atoms with van der Waals surface area (Å²) in [4.78, 5) is 23.7. The third-order valence-corrected chi connectivity index (χ3v) is 3.78. The highest BCUT2D eigenvalue weighted by Gasteiger charge is 2.13. The summed E-state index contributed by atoms with van der Waals surface area (Å²) in [6, 6.07) is 15.5. The van der Waals surface area contributed by atoms with E-state index in [-0.39, 0.29) is 0 Å². The molecule has 0 radical (unpaired) electrons. The minimum atomic E-state index is -0.694. The Kier molecular flexibility index (Phi) is 7.38. The predicted molar refractivity (Wildman–Crippen MR) is 103 cm³/mol. The van der Waals surface area contributed by atoms with Crippen molar-refractivity contribution in [3.05, 3.63) is 54.1 Å². The summed E-state index contributed by atoms with van der Waals surface area (Å²) in [6.45, 7) is 4.72. The first kappa shape index (κ1) is 20.0. The Morgan fingerprint density at radius 3 is 2.15 bits per heavy atom. The average molecular weight is 365 g/mol. The molecule has 0 atom stereocenters. The molecule has 0 spiro atoms. The molecule has 0 bridgehead atoms. The van der Waals surface area contributed by atoms with Crippen LogP contribution in [0.1, 0.15) is 32.3 Å². The molecule has 2 rings (SSSR count). The number of hydrogen-bond acceptors (Lipinski definition) is 4. The van der Waals surface area contributed by atoms with Gasteiger partial charge in [0.25, 0.3) is 0 Å². The minimum absolute atomic E-state index is 0.488. The van der Waals surface area contributed by atoms with Gasteiger partial charge in [-0.15, -0.1) is 0 Å². The van der Waals surface area contributed by atoms with Crippen molar-refractivity contribution in [2.24, 2.45) is 5.92 Å². The number of hydrogen-bond donors (Lipinski definition) is 2. The second-order valence-corrected chi connectivity index (χ2v) is 6.51. The number of nitrogens with one attached hydrogen (secondary N) is 2. The van der Waals surface area contributed by atoms with E-state index in [1.165, 1.54) is 0 Å². The van der Waals surface area contributed by atoms with Crippen molar-refractivity contribution in [2.45, 2.75) is 26.7 Å². The Hall–Kier alpha value is -3.33. The fourth-order valence-corrected chi connectivity index (χ4v) is 2.32. The predicted octanol–water partition coefficient (Wildman–Crippen LogP) is 3.84. The molecule has 2 amide bonds. The molecule has 2 aromatic carbocycles. The molecule has 0 aliphatic heterocycles. The van der Waals surface area contributed by atoms with E-state index in [1.54, 1.807) is 48.5 Å². The maximum atomic E-state index is 11.9. The van der Waals surface area contributed by atoms with Crippen LogP contribution in [0.25, 0.3) is 0 Å². The Morgan fingerprint density at radius 2 is 1.59 bits per heavy atom. The highest BCUT2D eigenvalue weighted by molar-refractivity contribution is 6.39. The molecule has 0 aromatic heterocycles. The van der Waals surface area contributed by atoms with E-state index < -0.39 is 11.8 Å². The minimum Gasteiger partial charge on any atom is -0.457 e. The first-order valence-corrected chi connectivity index (χ1v) is 8.85. The van der Waals surface area contributed by atoms with Crippen molar-refractivity contribution in [1.29, 1.82) is 5.26 Å². The Balaban J connectivity index is 1.82. The second kappa shape index (κ2) is 9.97. The maximum absolute atomic E-state index is 11.9. The molecular weight excluding hydrogens is 342 g/mol. The molecule has 0 unspecified atom stereocenters. The first-order valence-electron chi connectivity index (χ1n) is 8.85. The lowest BCUT2D eigenvalue weighted by Crippen LogP contribution is -2.35. The quantitative estimate of drug-likeness (QED) is 0.576. The van der Waals surface area contributed by atoms with Gasteiger partial charge in [-0.2, -0.15) is 5.26 Å². The van der Waals surface area contributed by atoms with Gasteiger partial charge in [-0.25, -0.2) is 0 Å². The lowest BCUT2D eigenvalue weighted by Gasteiger charge is -2.09. The maximum Gasteiger partial charge on any atom is 0.313 e. The average Bonchev–Trinajstić information content (AvgIpc) is 2.67. The highest BCUT2D eigenvalue weighted by Crippen LogP contribution is 2.23. The zero-order valence-corrected chi connectivity index (χ0v) is 15.5. The van der Waals surface area contributed by atoms with Crippen LogP contribution in [0.3, 0.4) is 0 Å². The van der Waals surface area contributed by atoms with Gasteiger partial charge in [0.15, 0.2) is 0 Å². The van der Waals surface area contributed by atoms with Crippen LogP contribution in [0.2, 0.25) is 0 Å². The van der Waals surface area contributed by atoms with Crippen LogP contribution in [0, 0.1) is 17.2 Å². The van der Waals surface area contributed by atoms with E-state index in [0.29, 0.717) is 35.2 Å². The van der Waals surface area contributed by atoms with Crippen molar-refractivity contribution in [3.8, 4) is 17.6 Å². The molecule has 6 heteroatoms. The van der Waals surface area contributed by atoms with Crippen molar-refractivity contribution >= 4 is 17.5 Å². The molecule has 0 heterocycles. The molecule has 2 aromatic rings. The monoisotopic (exact) mass is 365 g/mol. The van der Waals surface area contributed by atoms with Gasteiger partial charge in [0.1, 0.15) is 11.5 Å². The number of carbonyl (C=O) groups excluding carboxylic acids is 2.